The van der Waals surface area contributed by atoms with Gasteiger partial charge in [-0.05, 0) is 142 Å². The summed E-state index contributed by atoms with van der Waals surface area (Å²) in [6.07, 6.45) is 1.03. The molecule has 0 bridgehead atoms. The van der Waals surface area contributed by atoms with Crippen molar-refractivity contribution in [2.45, 2.75) is 58.9 Å². The number of fused-ring (bicyclic) bond motifs is 4. The van der Waals surface area contributed by atoms with Crippen LogP contribution in [0.4, 0.5) is 0 Å². The van der Waals surface area contributed by atoms with Crippen LogP contribution in [0.1, 0.15) is 74.2 Å². The van der Waals surface area contributed by atoms with E-state index in [1.807, 2.05) is 26.8 Å². The Morgan fingerprint density at radius 1 is 0.426 bits per heavy atom. The van der Waals surface area contributed by atoms with E-state index >= 15 is 0 Å². The third-order valence-corrected chi connectivity index (χ3v) is 12.8. The summed E-state index contributed by atoms with van der Waals surface area (Å²) in [4.78, 5) is 30.6. The van der Waals surface area contributed by atoms with Gasteiger partial charge in [0.05, 0.1) is 0 Å². The number of carbonyl (C=O) groups is 2. The van der Waals surface area contributed by atoms with E-state index in [1.165, 1.54) is 64.3 Å². The molecule has 54 heavy (non-hydrogen) atoms. The van der Waals surface area contributed by atoms with E-state index in [0.29, 0.717) is 11.1 Å². The molecule has 0 spiro atoms. The molecule has 0 saturated carbocycles. The van der Waals surface area contributed by atoms with Crippen molar-refractivity contribution >= 4 is 98.0 Å². The average Bonchev–Trinajstić information content (AvgIpc) is 3.17. The molecule has 0 N–H and O–H groups in total. The van der Waals surface area contributed by atoms with Gasteiger partial charge in [-0.2, -0.15) is 0 Å². The van der Waals surface area contributed by atoms with Crippen LogP contribution in [-0.4, -0.2) is 22.3 Å². The fourth-order valence-corrected chi connectivity index (χ4v) is 10.1. The van der Waals surface area contributed by atoms with Crippen LogP contribution >= 0.6 is 0 Å². The van der Waals surface area contributed by atoms with Gasteiger partial charge in [0.1, 0.15) is 0 Å². The first kappa shape index (κ1) is 31.5. The second-order valence-electron chi connectivity index (χ2n) is 17.1. The number of rotatable bonds is 3. The minimum absolute atomic E-state index is 0.00500. The molecule has 1 heterocycles. The van der Waals surface area contributed by atoms with E-state index in [4.69, 9.17) is 0 Å². The molecule has 3 nitrogen and oxygen atoms in total. The maximum atomic E-state index is 14.8. The highest BCUT2D eigenvalue weighted by molar-refractivity contribution is 6.42. The van der Waals surface area contributed by atoms with Gasteiger partial charge in [0, 0.05) is 22.1 Å². The lowest BCUT2D eigenvalue weighted by molar-refractivity contribution is 0.0460. The average molecular weight is 698 g/mol. The third kappa shape index (κ3) is 3.82. The largest absolute Gasteiger partial charge is 0.269 e. The van der Waals surface area contributed by atoms with Crippen LogP contribution in [-0.2, 0) is 5.41 Å². The number of amides is 2. The van der Waals surface area contributed by atoms with E-state index in [0.717, 1.165) is 49.9 Å². The van der Waals surface area contributed by atoms with Crippen molar-refractivity contribution in [3.63, 3.8) is 0 Å². The van der Waals surface area contributed by atoms with Gasteiger partial charge in [0.15, 0.2) is 0 Å². The van der Waals surface area contributed by atoms with Crippen LogP contribution in [0, 0.1) is 0 Å². The Kier molecular flexibility index (Phi) is 6.02. The lowest BCUT2D eigenvalue weighted by Crippen LogP contribution is -2.51. The lowest BCUT2D eigenvalue weighted by Gasteiger charge is -2.37. The van der Waals surface area contributed by atoms with Crippen molar-refractivity contribution in [1.29, 1.82) is 0 Å². The molecule has 0 atom stereocenters. The molecule has 3 heteroatoms. The molecule has 0 aromatic heterocycles. The molecule has 0 aliphatic carbocycles. The Bertz CT molecular complexity index is 3300. The van der Waals surface area contributed by atoms with Crippen LogP contribution < -0.4 is 0 Å². The van der Waals surface area contributed by atoms with Crippen molar-refractivity contribution in [3.05, 3.63) is 132 Å². The van der Waals surface area contributed by atoms with E-state index in [2.05, 4.69) is 130 Å². The fourth-order valence-electron chi connectivity index (χ4n) is 10.1. The summed E-state index contributed by atoms with van der Waals surface area (Å²) in [6.45, 7) is 12.8. The second kappa shape index (κ2) is 10.3. The summed E-state index contributed by atoms with van der Waals surface area (Å²) in [5.74, 6) is -0.474. The van der Waals surface area contributed by atoms with Gasteiger partial charge in [-0.3, -0.25) is 14.5 Å². The highest BCUT2D eigenvalue weighted by Gasteiger charge is 2.41. The molecule has 260 valence electrons. The maximum Gasteiger partial charge on any atom is 0.261 e. The topological polar surface area (TPSA) is 37.4 Å². The zero-order valence-electron chi connectivity index (χ0n) is 31.4. The van der Waals surface area contributed by atoms with Crippen LogP contribution in [0.3, 0.4) is 0 Å². The summed E-state index contributed by atoms with van der Waals surface area (Å²) in [6, 6.07) is 41.9. The zero-order valence-corrected chi connectivity index (χ0v) is 31.4. The first-order valence-corrected chi connectivity index (χ1v) is 19.2. The van der Waals surface area contributed by atoms with Gasteiger partial charge in [0.25, 0.3) is 11.8 Å². The summed E-state index contributed by atoms with van der Waals surface area (Å²) in [5, 5.41) is 18.5. The Morgan fingerprint density at radius 2 is 0.944 bits per heavy atom. The predicted molar refractivity (Wildman–Crippen MR) is 228 cm³/mol. The number of carbonyl (C=O) groups excluding carboxylic acids is 2. The van der Waals surface area contributed by atoms with Crippen molar-refractivity contribution in [1.82, 2.24) is 4.90 Å². The molecule has 1 aliphatic heterocycles. The Morgan fingerprint density at radius 3 is 1.65 bits per heavy atom. The smallest absolute Gasteiger partial charge is 0.261 e. The van der Waals surface area contributed by atoms with Gasteiger partial charge in [-0.25, -0.2) is 0 Å². The van der Waals surface area contributed by atoms with Crippen molar-refractivity contribution < 1.29 is 9.59 Å². The third-order valence-electron chi connectivity index (χ3n) is 12.8. The standard InChI is InChI=1S/C51H39NO2/c1-7-51(5,6)40-25-24-36-43-31(17-11-18-34(40)43)30-16-9-14-28-20-21-33(44(36)42(28)30)38-26-39-46-37(48(53)52(49(39)54)50(2,3)4)23-22-32-29-15-8-12-27-13-10-19-35(41(27)29)45(38)47(32)46/h8-26H,7H2,1-6H3. The Balaban J connectivity index is 1.40. The Labute approximate surface area is 313 Å². The molecule has 10 aromatic rings. The number of hydrogen-bond acceptors (Lipinski definition) is 2. The van der Waals surface area contributed by atoms with Crippen molar-refractivity contribution in [2.24, 2.45) is 0 Å². The number of imide groups is 1. The summed E-state index contributed by atoms with van der Waals surface area (Å²) < 4.78 is 0. The van der Waals surface area contributed by atoms with E-state index < -0.39 is 5.54 Å². The van der Waals surface area contributed by atoms with Crippen LogP contribution in [0.15, 0.2) is 115 Å². The van der Waals surface area contributed by atoms with Gasteiger partial charge in [-0.15, -0.1) is 0 Å². The Hall–Kier alpha value is -6.06. The summed E-state index contributed by atoms with van der Waals surface area (Å²) in [7, 11) is 0. The molecular weight excluding hydrogens is 659 g/mol. The maximum absolute atomic E-state index is 14.8. The number of hydrogen-bond donors (Lipinski definition) is 0. The quantitative estimate of drug-likeness (QED) is 0.105. The molecule has 0 unspecified atom stereocenters. The van der Waals surface area contributed by atoms with E-state index in [9.17, 15) is 9.59 Å². The predicted octanol–water partition coefficient (Wildman–Crippen LogP) is 13.5. The molecule has 1 aliphatic rings. The fraction of sp³-hybridized carbons (Fsp3) is 0.176. The van der Waals surface area contributed by atoms with Gasteiger partial charge in [0.2, 0.25) is 0 Å². The highest BCUT2D eigenvalue weighted by Crippen LogP contribution is 2.52. The monoisotopic (exact) mass is 697 g/mol. The minimum atomic E-state index is -0.696. The first-order valence-electron chi connectivity index (χ1n) is 19.2. The number of benzene rings is 10. The lowest BCUT2D eigenvalue weighted by atomic mass is 9.76. The SMILES string of the molecule is CCC(C)(C)c1ccc2c3c(-c4cc5c6c(ccc7c8cccc9cccc(c4c67)c98)C(=O)N(C(C)(C)C)C5=O)ccc4cccc(c5cccc1c52)c43. The van der Waals surface area contributed by atoms with Crippen molar-refractivity contribution in [2.75, 3.05) is 0 Å². The van der Waals surface area contributed by atoms with Crippen LogP contribution in [0.5, 0.6) is 0 Å². The van der Waals surface area contributed by atoms with Gasteiger partial charge < -0.3 is 0 Å². The summed E-state index contributed by atoms with van der Waals surface area (Å²) >= 11 is 0. The molecule has 11 rings (SSSR count). The summed E-state index contributed by atoms with van der Waals surface area (Å²) in [5.41, 5.74) is 3.96. The molecule has 2 amide bonds. The van der Waals surface area contributed by atoms with Gasteiger partial charge in [-0.1, -0.05) is 124 Å². The van der Waals surface area contributed by atoms with Crippen LogP contribution in [0.2, 0.25) is 0 Å². The van der Waals surface area contributed by atoms with E-state index in [-0.39, 0.29) is 17.2 Å². The zero-order chi connectivity index (χ0) is 37.0. The van der Waals surface area contributed by atoms with E-state index in [1.54, 1.807) is 0 Å². The molecular formula is C51H39NO2. The van der Waals surface area contributed by atoms with Crippen molar-refractivity contribution in [3.8, 4) is 11.1 Å². The highest BCUT2D eigenvalue weighted by atomic mass is 16.2. The number of nitrogens with zero attached hydrogens (tertiary/aromatic N) is 1. The minimum Gasteiger partial charge on any atom is -0.269 e. The molecule has 0 radical (unpaired) electrons. The van der Waals surface area contributed by atoms with Crippen LogP contribution in [0.25, 0.3) is 97.3 Å². The molecule has 0 fully saturated rings. The normalized spacial score (nSPS) is 14.2. The second-order valence-corrected chi connectivity index (χ2v) is 17.1. The van der Waals surface area contributed by atoms with Gasteiger partial charge >= 0.3 is 0 Å². The molecule has 10 aromatic carbocycles. The molecule has 0 saturated heterocycles. The first-order chi connectivity index (χ1) is 26.0.